The number of hydrogen-bond donors (Lipinski definition) is 4. The van der Waals surface area contributed by atoms with E-state index in [9.17, 15) is 23.4 Å². The summed E-state index contributed by atoms with van der Waals surface area (Å²) in [4.78, 5) is 11.6. The largest absolute Gasteiger partial charge is 0.508 e. The van der Waals surface area contributed by atoms with E-state index in [0.717, 1.165) is 0 Å². The summed E-state index contributed by atoms with van der Waals surface area (Å²) in [6.45, 7) is 0. The molecule has 0 radical (unpaired) electrons. The van der Waals surface area contributed by atoms with Gasteiger partial charge >= 0.3 is 5.97 Å². The number of rotatable bonds is 6. The summed E-state index contributed by atoms with van der Waals surface area (Å²) < 4.78 is 26.6. The van der Waals surface area contributed by atoms with E-state index < -0.39 is 22.0 Å². The van der Waals surface area contributed by atoms with Gasteiger partial charge in [-0.25, -0.2) is 8.42 Å². The summed E-state index contributed by atoms with van der Waals surface area (Å²) in [7, 11) is -4.33. The molecule has 0 amide bonds. The number of hydrogen-bond acceptors (Lipinski definition) is 6. The number of fused-ring (bicyclic) bond motifs is 1. The predicted molar refractivity (Wildman–Crippen MR) is 105 cm³/mol. The van der Waals surface area contributed by atoms with Crippen molar-refractivity contribution in [3.8, 4) is 5.75 Å². The molecule has 0 aliphatic rings. The molecule has 146 valence electrons. The van der Waals surface area contributed by atoms with Gasteiger partial charge < -0.3 is 15.9 Å². The lowest BCUT2D eigenvalue weighted by molar-refractivity contribution is -0.141. The minimum Gasteiger partial charge on any atom is -0.508 e. The molecule has 0 saturated heterocycles. The number of anilines is 1. The van der Waals surface area contributed by atoms with E-state index in [1.165, 1.54) is 36.4 Å². The van der Waals surface area contributed by atoms with Crippen LogP contribution in [0, 0.1) is 0 Å². The number of nitrogen functional groups attached to an aromatic ring is 1. The molecule has 0 heterocycles. The van der Waals surface area contributed by atoms with Crippen molar-refractivity contribution in [3.63, 3.8) is 0 Å². The number of aliphatic carboxylic acids is 1. The molecular formula is C19H19N3O5S. The Morgan fingerprint density at radius 3 is 2.21 bits per heavy atom. The Bertz CT molecular complexity index is 1130. The van der Waals surface area contributed by atoms with Crippen molar-refractivity contribution in [2.45, 2.75) is 17.4 Å². The normalized spacial score (nSPS) is 12.9. The first-order valence-electron chi connectivity index (χ1n) is 8.29. The van der Waals surface area contributed by atoms with E-state index in [1.54, 1.807) is 24.3 Å². The molecule has 1 atom stereocenters. The molecule has 0 fully saturated rings. The first kappa shape index (κ1) is 19.6. The molecule has 9 heteroatoms. The van der Waals surface area contributed by atoms with Crippen LogP contribution in [0.5, 0.6) is 5.75 Å². The lowest BCUT2D eigenvalue weighted by Gasteiger charge is -2.24. The van der Waals surface area contributed by atoms with Crippen LogP contribution in [0.25, 0.3) is 10.8 Å². The second kappa shape index (κ2) is 7.47. The molecule has 8 nitrogen and oxygen atoms in total. The number of aromatic hydroxyl groups is 1. The molecule has 0 bridgehead atoms. The average molecular weight is 401 g/mol. The Hall–Kier alpha value is -3.14. The second-order valence-corrected chi connectivity index (χ2v) is 8.07. The third kappa shape index (κ3) is 3.63. The standard InChI is InChI=1S/C19H19N3O5S/c20-16-9-10-18(15-4-2-1-3-14(15)16)28(26,27)22(21)17(19(24)25)11-12-5-7-13(23)8-6-12/h1-10,17,23H,11,20-21H2,(H,24,25). The molecule has 0 spiro atoms. The van der Waals surface area contributed by atoms with Gasteiger partial charge in [-0.15, -0.1) is 4.41 Å². The fourth-order valence-corrected chi connectivity index (χ4v) is 4.36. The number of benzene rings is 3. The molecule has 3 aromatic rings. The molecule has 0 aliphatic carbocycles. The summed E-state index contributed by atoms with van der Waals surface area (Å²) in [6.07, 6.45) is -0.168. The minimum absolute atomic E-state index is 0.0150. The van der Waals surface area contributed by atoms with Crippen LogP contribution in [0.3, 0.4) is 0 Å². The molecular weight excluding hydrogens is 382 g/mol. The van der Waals surface area contributed by atoms with Crippen LogP contribution in [0.4, 0.5) is 5.69 Å². The predicted octanol–water partition coefficient (Wildman–Crippen LogP) is 1.69. The van der Waals surface area contributed by atoms with Crippen LogP contribution in [0.15, 0.2) is 65.6 Å². The van der Waals surface area contributed by atoms with Crippen LogP contribution >= 0.6 is 0 Å². The highest BCUT2D eigenvalue weighted by Gasteiger charge is 2.35. The number of phenols is 1. The number of nitrogens with two attached hydrogens (primary N) is 2. The SMILES string of the molecule is Nc1ccc(S(=O)(=O)N(N)C(Cc2ccc(O)cc2)C(=O)O)c2ccccc12. The number of carboxylic acids is 1. The molecule has 28 heavy (non-hydrogen) atoms. The van der Waals surface area contributed by atoms with E-state index in [2.05, 4.69) is 0 Å². The fourth-order valence-electron chi connectivity index (χ4n) is 2.94. The minimum atomic E-state index is -4.33. The molecule has 0 aliphatic heterocycles. The van der Waals surface area contributed by atoms with E-state index in [0.29, 0.717) is 26.4 Å². The van der Waals surface area contributed by atoms with Crippen molar-refractivity contribution < 1.29 is 23.4 Å². The summed E-state index contributed by atoms with van der Waals surface area (Å²) in [5, 5.41) is 19.8. The third-order valence-electron chi connectivity index (χ3n) is 4.43. The summed E-state index contributed by atoms with van der Waals surface area (Å²) in [5.41, 5.74) is 6.82. The van der Waals surface area contributed by atoms with Gasteiger partial charge in [-0.3, -0.25) is 10.6 Å². The Balaban J connectivity index is 2.03. The first-order valence-corrected chi connectivity index (χ1v) is 9.73. The van der Waals surface area contributed by atoms with Crippen LogP contribution in [0.2, 0.25) is 0 Å². The van der Waals surface area contributed by atoms with Gasteiger partial charge in [0, 0.05) is 22.9 Å². The maximum atomic E-state index is 13.1. The van der Waals surface area contributed by atoms with Gasteiger partial charge in [0.2, 0.25) is 0 Å². The van der Waals surface area contributed by atoms with Crippen molar-refractivity contribution in [1.29, 1.82) is 0 Å². The average Bonchev–Trinajstić information content (AvgIpc) is 2.67. The summed E-state index contributed by atoms with van der Waals surface area (Å²) >= 11 is 0. The Morgan fingerprint density at radius 2 is 1.61 bits per heavy atom. The maximum absolute atomic E-state index is 13.1. The highest BCUT2D eigenvalue weighted by molar-refractivity contribution is 7.89. The van der Waals surface area contributed by atoms with Gasteiger partial charge in [0.15, 0.2) is 0 Å². The molecule has 0 aromatic heterocycles. The van der Waals surface area contributed by atoms with Gasteiger partial charge in [-0.05, 0) is 29.8 Å². The highest BCUT2D eigenvalue weighted by Crippen LogP contribution is 2.30. The number of carboxylic acid groups (broad SMARTS) is 1. The Morgan fingerprint density at radius 1 is 1.00 bits per heavy atom. The van der Waals surface area contributed by atoms with E-state index in [1.807, 2.05) is 0 Å². The van der Waals surface area contributed by atoms with Crippen LogP contribution in [-0.2, 0) is 21.2 Å². The first-order chi connectivity index (χ1) is 13.2. The molecule has 6 N–H and O–H groups in total. The summed E-state index contributed by atoms with van der Waals surface area (Å²) in [5.74, 6) is 4.44. The number of phenolic OH excluding ortho intramolecular Hbond substituents is 1. The number of nitrogens with zero attached hydrogens (tertiary/aromatic N) is 1. The van der Waals surface area contributed by atoms with Crippen molar-refractivity contribution in [2.75, 3.05) is 5.73 Å². The van der Waals surface area contributed by atoms with Gasteiger partial charge in [0.05, 0.1) is 4.90 Å². The van der Waals surface area contributed by atoms with Crippen molar-refractivity contribution in [1.82, 2.24) is 4.41 Å². The van der Waals surface area contributed by atoms with Crippen molar-refractivity contribution >= 4 is 32.5 Å². The van der Waals surface area contributed by atoms with Gasteiger partial charge in [0.1, 0.15) is 11.8 Å². The Kier molecular flexibility index (Phi) is 5.23. The zero-order valence-electron chi connectivity index (χ0n) is 14.7. The van der Waals surface area contributed by atoms with Crippen molar-refractivity contribution in [2.24, 2.45) is 5.84 Å². The van der Waals surface area contributed by atoms with Gasteiger partial charge in [-0.2, -0.15) is 0 Å². The quantitative estimate of drug-likeness (QED) is 0.279. The van der Waals surface area contributed by atoms with Gasteiger partial charge in [-0.1, -0.05) is 36.4 Å². The molecule has 3 rings (SSSR count). The van der Waals surface area contributed by atoms with E-state index in [4.69, 9.17) is 11.6 Å². The molecule has 1 unspecified atom stereocenters. The smallest absolute Gasteiger partial charge is 0.323 e. The van der Waals surface area contributed by atoms with Crippen LogP contribution < -0.4 is 11.6 Å². The lowest BCUT2D eigenvalue weighted by atomic mass is 10.1. The van der Waals surface area contributed by atoms with E-state index in [-0.39, 0.29) is 17.1 Å². The van der Waals surface area contributed by atoms with E-state index >= 15 is 0 Å². The fraction of sp³-hybridized carbons (Fsp3) is 0.105. The van der Waals surface area contributed by atoms with Crippen LogP contribution in [0.1, 0.15) is 5.56 Å². The topological polar surface area (TPSA) is 147 Å². The number of carbonyl (C=O) groups is 1. The third-order valence-corrected chi connectivity index (χ3v) is 6.15. The van der Waals surface area contributed by atoms with Crippen LogP contribution in [-0.4, -0.2) is 35.1 Å². The highest BCUT2D eigenvalue weighted by atomic mass is 32.2. The zero-order chi connectivity index (χ0) is 20.5. The number of sulfonamides is 1. The maximum Gasteiger partial charge on any atom is 0.323 e. The van der Waals surface area contributed by atoms with Crippen molar-refractivity contribution in [3.05, 3.63) is 66.2 Å². The van der Waals surface area contributed by atoms with Gasteiger partial charge in [0.25, 0.3) is 10.0 Å². The Labute approximate surface area is 161 Å². The molecule has 3 aromatic carbocycles. The summed E-state index contributed by atoms with van der Waals surface area (Å²) in [6, 6.07) is 13.6. The second-order valence-electron chi connectivity index (χ2n) is 6.26. The zero-order valence-corrected chi connectivity index (χ0v) is 15.5. The monoisotopic (exact) mass is 401 g/mol. The lowest BCUT2D eigenvalue weighted by Crippen LogP contribution is -2.50. The number of hydrazine groups is 1. The molecule has 0 saturated carbocycles.